The van der Waals surface area contributed by atoms with Crippen molar-refractivity contribution in [2.45, 2.75) is 0 Å². The fraction of sp³-hybridized carbons (Fsp3) is 0. The van der Waals surface area contributed by atoms with Gasteiger partial charge in [0.25, 0.3) is 0 Å². The van der Waals surface area contributed by atoms with Gasteiger partial charge in [-0.2, -0.15) is 0 Å². The molecule has 0 radical (unpaired) electrons. The van der Waals surface area contributed by atoms with Crippen molar-refractivity contribution in [2.75, 3.05) is 0 Å². The van der Waals surface area contributed by atoms with Crippen LogP contribution in [0.1, 0.15) is 0 Å². The van der Waals surface area contributed by atoms with Crippen LogP contribution in [0.3, 0.4) is 0 Å². The summed E-state index contributed by atoms with van der Waals surface area (Å²) in [6, 6.07) is 91.3. The highest BCUT2D eigenvalue weighted by molar-refractivity contribution is 6.11. The Hall–Kier alpha value is -10.6. The molecule has 0 atom stereocenters. The zero-order valence-corrected chi connectivity index (χ0v) is 42.2. The van der Waals surface area contributed by atoms with E-state index in [1.165, 1.54) is 43.6 Å². The van der Waals surface area contributed by atoms with Crippen molar-refractivity contribution in [1.82, 2.24) is 29.1 Å². The molecule has 0 unspecified atom stereocenters. The second kappa shape index (κ2) is 18.7. The molecule has 15 rings (SSSR count). The number of benzene rings is 10. The fourth-order valence-corrected chi connectivity index (χ4v) is 11.7. The highest BCUT2D eigenvalue weighted by Crippen LogP contribution is 2.44. The number of hydrogen-bond donors (Lipinski definition) is 0. The maximum absolute atomic E-state index is 5.37. The number of rotatable bonds is 9. The molecular weight excluding hydrogens is 949 g/mol. The summed E-state index contributed by atoms with van der Waals surface area (Å²) in [5.74, 6) is 0.680. The van der Waals surface area contributed by atoms with Crippen LogP contribution >= 0.6 is 0 Å². The lowest BCUT2D eigenvalue weighted by Crippen LogP contribution is -1.97. The average molecular weight is 995 g/mol. The second-order valence-corrected chi connectivity index (χ2v) is 19.8. The normalized spacial score (nSPS) is 11.6. The molecule has 0 N–H and O–H groups in total. The Morgan fingerprint density at radius 2 is 0.667 bits per heavy atom. The molecule has 6 nitrogen and oxygen atoms in total. The van der Waals surface area contributed by atoms with Gasteiger partial charge in [0.15, 0.2) is 5.82 Å². The van der Waals surface area contributed by atoms with Crippen LogP contribution in [-0.4, -0.2) is 29.1 Å². The van der Waals surface area contributed by atoms with E-state index in [1.54, 1.807) is 0 Å². The van der Waals surface area contributed by atoms with Crippen LogP contribution in [0, 0.1) is 0 Å². The smallest absolute Gasteiger partial charge is 0.160 e. The van der Waals surface area contributed by atoms with Gasteiger partial charge in [-0.15, -0.1) is 0 Å². The van der Waals surface area contributed by atoms with Crippen LogP contribution in [0.15, 0.2) is 280 Å². The molecule has 15 aromatic rings. The summed E-state index contributed by atoms with van der Waals surface area (Å²) in [6.07, 6.45) is 7.50. The SMILES string of the molecule is c1ccc(-c2nc(-c3ccc(-n4c5ccccc5c5ccccc54)cc3)nc3ccc(-c4ccc(-c5ccc(-c6ccc7c(c6)c6ccccc6n7-c6ccccc6)cc5-c5ccncc5)c(-c5ccncc5)c4)cc23)cc1. The van der Waals surface area contributed by atoms with Gasteiger partial charge in [0.05, 0.1) is 33.3 Å². The van der Waals surface area contributed by atoms with E-state index in [4.69, 9.17) is 9.97 Å². The number of pyridine rings is 2. The monoisotopic (exact) mass is 994 g/mol. The first-order valence-electron chi connectivity index (χ1n) is 26.3. The Morgan fingerprint density at radius 1 is 0.244 bits per heavy atom. The summed E-state index contributed by atoms with van der Waals surface area (Å²) in [5.41, 5.74) is 21.8. The molecule has 0 bridgehead atoms. The Labute approximate surface area is 450 Å². The van der Waals surface area contributed by atoms with Gasteiger partial charge in [-0.1, -0.05) is 140 Å². The minimum atomic E-state index is 0.680. The Bertz CT molecular complexity index is 4700. The molecule has 0 fully saturated rings. The second-order valence-electron chi connectivity index (χ2n) is 19.8. The van der Waals surface area contributed by atoms with Crippen molar-refractivity contribution < 1.29 is 0 Å². The lowest BCUT2D eigenvalue weighted by Gasteiger charge is -2.18. The predicted molar refractivity (Wildman–Crippen MR) is 322 cm³/mol. The van der Waals surface area contributed by atoms with Crippen molar-refractivity contribution in [1.29, 1.82) is 0 Å². The van der Waals surface area contributed by atoms with E-state index >= 15 is 0 Å². The van der Waals surface area contributed by atoms with E-state index in [2.05, 4.69) is 268 Å². The minimum absolute atomic E-state index is 0.680. The maximum atomic E-state index is 5.37. The Balaban J connectivity index is 0.835. The maximum Gasteiger partial charge on any atom is 0.160 e. The Kier molecular flexibility index (Phi) is 10.7. The van der Waals surface area contributed by atoms with Crippen LogP contribution in [0.25, 0.3) is 144 Å². The number of hydrogen-bond acceptors (Lipinski definition) is 4. The van der Waals surface area contributed by atoms with Crippen LogP contribution in [-0.2, 0) is 0 Å². The van der Waals surface area contributed by atoms with Crippen molar-refractivity contribution >= 4 is 54.5 Å². The molecule has 0 saturated carbocycles. The van der Waals surface area contributed by atoms with Gasteiger partial charge in [-0.05, 0) is 171 Å². The summed E-state index contributed by atoms with van der Waals surface area (Å²) < 4.78 is 4.70. The zero-order chi connectivity index (χ0) is 51.5. The molecular formula is C72H46N6. The molecule has 0 amide bonds. The Morgan fingerprint density at radius 3 is 1.23 bits per heavy atom. The first-order chi connectivity index (χ1) is 38.7. The largest absolute Gasteiger partial charge is 0.309 e. The first-order valence-corrected chi connectivity index (χ1v) is 26.3. The molecule has 0 saturated heterocycles. The summed E-state index contributed by atoms with van der Waals surface area (Å²) in [6.45, 7) is 0. The molecule has 78 heavy (non-hydrogen) atoms. The minimum Gasteiger partial charge on any atom is -0.309 e. The summed E-state index contributed by atoms with van der Waals surface area (Å²) in [7, 11) is 0. The summed E-state index contributed by atoms with van der Waals surface area (Å²) in [4.78, 5) is 19.5. The topological polar surface area (TPSA) is 61.4 Å². The first kappa shape index (κ1) is 44.9. The van der Waals surface area contributed by atoms with E-state index in [1.807, 2.05) is 30.9 Å². The standard InChI is InChI=1S/C72H46N6/c1-3-13-49(14-4-1)71-65-46-53(27-33-66(65)75-72(76-71)50-23-29-56(30-24-50)78-67-20-10-7-17-59(67)60-18-8-11-21-68(60)78)51-25-31-57(62(43-51)47-35-39-73-40-36-47)58-32-26-52(44-63(58)48-37-41-74-42-38-48)54-28-34-70-64(45-54)61-19-9-12-22-69(61)77(70)55-15-5-2-6-16-55/h1-46H. The highest BCUT2D eigenvalue weighted by Gasteiger charge is 2.20. The lowest BCUT2D eigenvalue weighted by atomic mass is 9.86. The highest BCUT2D eigenvalue weighted by atomic mass is 15.0. The van der Waals surface area contributed by atoms with Gasteiger partial charge in [0.1, 0.15) is 0 Å². The summed E-state index contributed by atoms with van der Waals surface area (Å²) >= 11 is 0. The van der Waals surface area contributed by atoms with E-state index in [9.17, 15) is 0 Å². The molecule has 0 aliphatic heterocycles. The predicted octanol–water partition coefficient (Wildman–Crippen LogP) is 18.3. The summed E-state index contributed by atoms with van der Waals surface area (Å²) in [5, 5.41) is 5.90. The van der Waals surface area contributed by atoms with E-state index in [-0.39, 0.29) is 0 Å². The molecule has 0 spiro atoms. The van der Waals surface area contributed by atoms with Crippen LogP contribution in [0.2, 0.25) is 0 Å². The third kappa shape index (κ3) is 7.65. The third-order valence-electron chi connectivity index (χ3n) is 15.4. The third-order valence-corrected chi connectivity index (χ3v) is 15.4. The van der Waals surface area contributed by atoms with Crippen molar-refractivity contribution in [3.8, 4) is 89.7 Å². The molecule has 6 heteroatoms. The quantitative estimate of drug-likeness (QED) is 0.145. The van der Waals surface area contributed by atoms with Crippen molar-refractivity contribution in [3.05, 3.63) is 280 Å². The van der Waals surface area contributed by atoms with Crippen LogP contribution in [0.5, 0.6) is 0 Å². The molecule has 5 heterocycles. The average Bonchev–Trinajstić information content (AvgIpc) is 4.11. The van der Waals surface area contributed by atoms with E-state index < -0.39 is 0 Å². The van der Waals surface area contributed by atoms with Gasteiger partial charge in [0.2, 0.25) is 0 Å². The molecule has 0 aliphatic rings. The molecule has 0 aliphatic carbocycles. The number of aromatic nitrogens is 6. The van der Waals surface area contributed by atoms with Crippen LogP contribution < -0.4 is 0 Å². The van der Waals surface area contributed by atoms with Gasteiger partial charge >= 0.3 is 0 Å². The fourth-order valence-electron chi connectivity index (χ4n) is 11.7. The van der Waals surface area contributed by atoms with Gasteiger partial charge in [-0.25, -0.2) is 9.97 Å². The van der Waals surface area contributed by atoms with Gasteiger partial charge in [0, 0.05) is 74.2 Å². The van der Waals surface area contributed by atoms with E-state index in [0.29, 0.717) is 5.82 Å². The van der Waals surface area contributed by atoms with Crippen molar-refractivity contribution in [2.24, 2.45) is 0 Å². The van der Waals surface area contributed by atoms with Gasteiger partial charge < -0.3 is 9.13 Å². The number of fused-ring (bicyclic) bond motifs is 7. The number of para-hydroxylation sites is 4. The lowest BCUT2D eigenvalue weighted by molar-refractivity contribution is 1.17. The van der Waals surface area contributed by atoms with Crippen LogP contribution in [0.4, 0.5) is 0 Å². The molecule has 10 aromatic carbocycles. The number of nitrogens with zero attached hydrogens (tertiary/aromatic N) is 6. The zero-order valence-electron chi connectivity index (χ0n) is 42.2. The van der Waals surface area contributed by atoms with Crippen molar-refractivity contribution in [3.63, 3.8) is 0 Å². The van der Waals surface area contributed by atoms with E-state index in [0.717, 1.165) is 94.7 Å². The molecule has 364 valence electrons. The molecule has 5 aromatic heterocycles. The van der Waals surface area contributed by atoms with Gasteiger partial charge in [-0.3, -0.25) is 9.97 Å².